The zero-order chi connectivity index (χ0) is 24.2. The van der Waals surface area contributed by atoms with Gasteiger partial charge in [-0.25, -0.2) is 13.8 Å². The van der Waals surface area contributed by atoms with E-state index in [0.717, 1.165) is 45.2 Å². The van der Waals surface area contributed by atoms with E-state index in [2.05, 4.69) is 50.1 Å². The minimum absolute atomic E-state index is 0.122. The molecule has 3 aliphatic rings. The Morgan fingerprint density at radius 1 is 0.886 bits per heavy atom. The molecule has 4 nitrogen and oxygen atoms in total. The van der Waals surface area contributed by atoms with Crippen molar-refractivity contribution in [3.05, 3.63) is 46.6 Å². The Labute approximate surface area is 217 Å². The fourth-order valence-corrected chi connectivity index (χ4v) is 6.57. The van der Waals surface area contributed by atoms with Gasteiger partial charge in [0.15, 0.2) is 0 Å². The Morgan fingerprint density at radius 2 is 1.60 bits per heavy atom. The van der Waals surface area contributed by atoms with Crippen LogP contribution in [0.15, 0.2) is 40.9 Å². The van der Waals surface area contributed by atoms with Crippen molar-refractivity contribution < 1.29 is 8.78 Å². The maximum Gasteiger partial charge on any atom is 0.251 e. The van der Waals surface area contributed by atoms with Gasteiger partial charge in [-0.1, -0.05) is 22.0 Å². The van der Waals surface area contributed by atoms with Crippen molar-refractivity contribution in [1.82, 2.24) is 9.36 Å². The number of alkyl halides is 2. The van der Waals surface area contributed by atoms with E-state index in [9.17, 15) is 8.78 Å². The average Bonchev–Trinajstić information content (AvgIpc) is 3.39. The van der Waals surface area contributed by atoms with Gasteiger partial charge in [0.05, 0.1) is 10.6 Å². The predicted octanol–water partition coefficient (Wildman–Crippen LogP) is 7.56. The van der Waals surface area contributed by atoms with Crippen molar-refractivity contribution in [2.24, 2.45) is 5.41 Å². The lowest BCUT2D eigenvalue weighted by molar-refractivity contribution is -0.0221. The number of benzene rings is 1. The Morgan fingerprint density at radius 3 is 2.31 bits per heavy atom. The second kappa shape index (κ2) is 8.80. The fraction of sp³-hybridized carbons (Fsp3) is 0.481. The summed E-state index contributed by atoms with van der Waals surface area (Å²) in [4.78, 5) is 10.3. The van der Waals surface area contributed by atoms with Gasteiger partial charge in [-0.2, -0.15) is 4.37 Å². The Bertz CT molecular complexity index is 1240. The third-order valence-corrected chi connectivity index (χ3v) is 9.23. The zero-order valence-corrected chi connectivity index (χ0v) is 22.3. The van der Waals surface area contributed by atoms with E-state index in [4.69, 9.17) is 4.37 Å². The van der Waals surface area contributed by atoms with Crippen LogP contribution in [-0.2, 0) is 0 Å². The first-order valence-electron chi connectivity index (χ1n) is 12.4. The summed E-state index contributed by atoms with van der Waals surface area (Å²) in [6, 6.07) is 12.7. The monoisotopic (exact) mass is 558 g/mol. The van der Waals surface area contributed by atoms with Gasteiger partial charge in [0.2, 0.25) is 0 Å². The lowest BCUT2D eigenvalue weighted by Gasteiger charge is -2.35. The van der Waals surface area contributed by atoms with Gasteiger partial charge in [-0.3, -0.25) is 0 Å². The minimum atomic E-state index is -2.57. The van der Waals surface area contributed by atoms with Crippen LogP contribution in [0.1, 0.15) is 44.2 Å². The molecule has 6 rings (SSSR count). The molecule has 2 aliphatic heterocycles. The van der Waals surface area contributed by atoms with Crippen LogP contribution in [0.4, 0.5) is 20.3 Å². The Hall–Kier alpha value is -2.06. The number of hydrogen-bond acceptors (Lipinski definition) is 5. The fourth-order valence-electron chi connectivity index (χ4n) is 5.44. The van der Waals surface area contributed by atoms with Crippen LogP contribution in [0.25, 0.3) is 21.7 Å². The molecular weight excluding hydrogens is 530 g/mol. The Kier molecular flexibility index (Phi) is 5.87. The number of pyridine rings is 1. The lowest BCUT2D eigenvalue weighted by Crippen LogP contribution is -2.39. The average molecular weight is 560 g/mol. The van der Waals surface area contributed by atoms with Gasteiger partial charge in [-0.15, -0.1) is 0 Å². The molecule has 2 aromatic heterocycles. The molecule has 0 amide bonds. The SMILES string of the molecule is Cc1cc(-c2cc(-c3ccc(Br)cc3N3CCC4(CC3)CC4)sn2)cc(N2CCC(F)(F)CC2)n1. The molecule has 0 unspecified atom stereocenters. The van der Waals surface area contributed by atoms with Crippen molar-refractivity contribution in [3.63, 3.8) is 0 Å². The maximum absolute atomic E-state index is 13.7. The number of aromatic nitrogens is 2. The van der Waals surface area contributed by atoms with Gasteiger partial charge in [-0.05, 0) is 79.9 Å². The summed E-state index contributed by atoms with van der Waals surface area (Å²) >= 11 is 5.19. The molecular formula is C27H29BrF2N4S. The zero-order valence-electron chi connectivity index (χ0n) is 19.9. The molecule has 1 aliphatic carbocycles. The summed E-state index contributed by atoms with van der Waals surface area (Å²) in [7, 11) is 0. The van der Waals surface area contributed by atoms with Crippen LogP contribution in [0.3, 0.4) is 0 Å². The lowest BCUT2D eigenvalue weighted by atomic mass is 9.93. The molecule has 0 N–H and O–H groups in total. The maximum atomic E-state index is 13.7. The first-order chi connectivity index (χ1) is 16.8. The second-order valence-electron chi connectivity index (χ2n) is 10.4. The number of anilines is 2. The standard InChI is InChI=1S/C27H29BrF2N4S/c1-18-14-19(15-25(31-18)34-12-8-27(29,30)9-13-34)22-17-24(35-32-22)21-3-2-20(28)16-23(21)33-10-6-26(4-5-26)7-11-33/h2-3,14-17H,4-13H2,1H3. The van der Waals surface area contributed by atoms with E-state index in [-0.39, 0.29) is 12.8 Å². The molecule has 8 heteroatoms. The summed E-state index contributed by atoms with van der Waals surface area (Å²) in [6.07, 6.45) is 5.13. The van der Waals surface area contributed by atoms with Crippen LogP contribution in [0.5, 0.6) is 0 Å². The normalized spacial score (nSPS) is 20.9. The predicted molar refractivity (Wildman–Crippen MR) is 143 cm³/mol. The van der Waals surface area contributed by atoms with Crippen molar-refractivity contribution in [3.8, 4) is 21.7 Å². The second-order valence-corrected chi connectivity index (χ2v) is 12.1. The summed E-state index contributed by atoms with van der Waals surface area (Å²) in [6.45, 7) is 4.82. The molecule has 0 radical (unpaired) electrons. The molecule has 3 aromatic rings. The van der Waals surface area contributed by atoms with Gasteiger partial charge >= 0.3 is 0 Å². The number of nitrogens with zero attached hydrogens (tertiary/aromatic N) is 4. The molecule has 0 bridgehead atoms. The molecule has 35 heavy (non-hydrogen) atoms. The van der Waals surface area contributed by atoms with Crippen LogP contribution < -0.4 is 9.80 Å². The molecule has 1 saturated carbocycles. The van der Waals surface area contributed by atoms with Crippen LogP contribution in [-0.4, -0.2) is 41.5 Å². The molecule has 1 spiro atoms. The highest BCUT2D eigenvalue weighted by atomic mass is 79.9. The molecule has 2 saturated heterocycles. The smallest absolute Gasteiger partial charge is 0.251 e. The van der Waals surface area contributed by atoms with Crippen LogP contribution >= 0.6 is 27.5 Å². The van der Waals surface area contributed by atoms with E-state index in [1.165, 1.54) is 48.5 Å². The third kappa shape index (κ3) is 4.84. The van der Waals surface area contributed by atoms with Crippen LogP contribution in [0.2, 0.25) is 0 Å². The van der Waals surface area contributed by atoms with Crippen LogP contribution in [0, 0.1) is 12.3 Å². The summed E-state index contributed by atoms with van der Waals surface area (Å²) in [5.74, 6) is -1.81. The quantitative estimate of drug-likeness (QED) is 0.330. The van der Waals surface area contributed by atoms with Crippen molar-refractivity contribution in [2.45, 2.75) is 51.4 Å². The number of rotatable bonds is 4. The number of halogens is 3. The summed E-state index contributed by atoms with van der Waals surface area (Å²) < 4.78 is 33.2. The highest BCUT2D eigenvalue weighted by Gasteiger charge is 2.44. The van der Waals surface area contributed by atoms with E-state index in [0.29, 0.717) is 18.5 Å². The molecule has 4 heterocycles. The molecule has 1 aromatic carbocycles. The highest BCUT2D eigenvalue weighted by Crippen LogP contribution is 2.54. The number of hydrogen-bond donors (Lipinski definition) is 0. The van der Waals surface area contributed by atoms with E-state index < -0.39 is 5.92 Å². The first-order valence-corrected chi connectivity index (χ1v) is 14.0. The molecule has 3 fully saturated rings. The van der Waals surface area contributed by atoms with E-state index in [1.807, 2.05) is 24.0 Å². The van der Waals surface area contributed by atoms with Gasteiger partial charge < -0.3 is 9.80 Å². The first kappa shape index (κ1) is 23.3. The van der Waals surface area contributed by atoms with Gasteiger partial charge in [0, 0.05) is 66.0 Å². The van der Waals surface area contributed by atoms with E-state index >= 15 is 0 Å². The highest BCUT2D eigenvalue weighted by molar-refractivity contribution is 9.10. The number of aryl methyl sites for hydroxylation is 1. The van der Waals surface area contributed by atoms with Crippen molar-refractivity contribution in [1.29, 1.82) is 0 Å². The molecule has 184 valence electrons. The summed E-state index contributed by atoms with van der Waals surface area (Å²) in [5.41, 5.74) is 5.89. The topological polar surface area (TPSA) is 32.3 Å². The van der Waals surface area contributed by atoms with Gasteiger partial charge in [0.25, 0.3) is 5.92 Å². The van der Waals surface area contributed by atoms with Crippen molar-refractivity contribution in [2.75, 3.05) is 36.0 Å². The summed E-state index contributed by atoms with van der Waals surface area (Å²) in [5, 5.41) is 0. The van der Waals surface area contributed by atoms with E-state index in [1.54, 1.807) is 0 Å². The number of piperidine rings is 2. The third-order valence-electron chi connectivity index (χ3n) is 7.91. The van der Waals surface area contributed by atoms with Crippen molar-refractivity contribution >= 4 is 39.0 Å². The largest absolute Gasteiger partial charge is 0.371 e. The minimum Gasteiger partial charge on any atom is -0.371 e. The van der Waals surface area contributed by atoms with Gasteiger partial charge in [0.1, 0.15) is 5.82 Å². The Balaban J connectivity index is 1.28. The molecule has 0 atom stereocenters.